The first-order chi connectivity index (χ1) is 16.1. The molecule has 0 saturated carbocycles. The van der Waals surface area contributed by atoms with Crippen LogP contribution in [0.3, 0.4) is 0 Å². The number of aromatic nitrogens is 1. The van der Waals surface area contributed by atoms with Crippen LogP contribution >= 0.6 is 11.6 Å². The quantitative estimate of drug-likeness (QED) is 0.347. The fraction of sp³-hybridized carbons (Fsp3) is 0.0714. The van der Waals surface area contributed by atoms with E-state index in [-0.39, 0.29) is 23.9 Å². The van der Waals surface area contributed by atoms with Gasteiger partial charge in [0.05, 0.1) is 17.1 Å². The highest BCUT2D eigenvalue weighted by molar-refractivity contribution is 6.30. The number of nitrogens with zero attached hydrogens (tertiary/aromatic N) is 1. The van der Waals surface area contributed by atoms with Crippen LogP contribution in [0.5, 0.6) is 0 Å². The van der Waals surface area contributed by atoms with Gasteiger partial charge in [0, 0.05) is 15.8 Å². The van der Waals surface area contributed by atoms with Crippen molar-refractivity contribution in [1.29, 1.82) is 0 Å². The van der Waals surface area contributed by atoms with E-state index in [2.05, 4.69) is 5.32 Å². The maximum Gasteiger partial charge on any atom is 0.240 e. The molecule has 162 valence electrons. The summed E-state index contributed by atoms with van der Waals surface area (Å²) >= 11 is 6.08. The average molecular weight is 453 g/mol. The van der Waals surface area contributed by atoms with Gasteiger partial charge < -0.3 is 9.88 Å². The van der Waals surface area contributed by atoms with E-state index in [9.17, 15) is 9.59 Å². The summed E-state index contributed by atoms with van der Waals surface area (Å²) in [5.41, 5.74) is 3.36. The number of amides is 1. The molecule has 0 aliphatic heterocycles. The van der Waals surface area contributed by atoms with Crippen LogP contribution in [0.15, 0.2) is 108 Å². The first-order valence-electron chi connectivity index (χ1n) is 10.7. The first kappa shape index (κ1) is 21.0. The number of hydrogen-bond donors (Lipinski definition) is 1. The van der Waals surface area contributed by atoms with Gasteiger partial charge in [-0.15, -0.1) is 0 Å². The van der Waals surface area contributed by atoms with Crippen LogP contribution in [0.2, 0.25) is 5.02 Å². The summed E-state index contributed by atoms with van der Waals surface area (Å²) in [4.78, 5) is 26.3. The Labute approximate surface area is 196 Å². The van der Waals surface area contributed by atoms with Gasteiger partial charge in [-0.25, -0.2) is 0 Å². The number of carbonyl (C=O) groups is 1. The largest absolute Gasteiger partial charge is 0.344 e. The normalized spacial score (nSPS) is 12.0. The SMILES string of the molecule is O=C(Cn1c2ccccc2c(=O)c2ccccc21)NC(c1ccccc1)c1ccc(Cl)cc1. The zero-order valence-corrected chi connectivity index (χ0v) is 18.5. The van der Waals surface area contributed by atoms with Gasteiger partial charge in [0.25, 0.3) is 0 Å². The van der Waals surface area contributed by atoms with Crippen LogP contribution in [0.1, 0.15) is 17.2 Å². The van der Waals surface area contributed by atoms with Gasteiger partial charge in [-0.3, -0.25) is 9.59 Å². The van der Waals surface area contributed by atoms with Crippen molar-refractivity contribution in [3.63, 3.8) is 0 Å². The highest BCUT2D eigenvalue weighted by Crippen LogP contribution is 2.24. The second-order valence-electron chi connectivity index (χ2n) is 7.91. The molecule has 0 radical (unpaired) electrons. The molecule has 0 bridgehead atoms. The molecule has 1 N–H and O–H groups in total. The number of benzene rings is 4. The molecule has 0 saturated heterocycles. The summed E-state index contributed by atoms with van der Waals surface area (Å²) in [7, 11) is 0. The van der Waals surface area contributed by atoms with E-state index in [1.54, 1.807) is 12.1 Å². The minimum Gasteiger partial charge on any atom is -0.344 e. The minimum atomic E-state index is -0.326. The molecule has 1 unspecified atom stereocenters. The molecule has 5 aromatic rings. The van der Waals surface area contributed by atoms with Crippen molar-refractivity contribution in [1.82, 2.24) is 9.88 Å². The molecule has 33 heavy (non-hydrogen) atoms. The van der Waals surface area contributed by atoms with Gasteiger partial charge >= 0.3 is 0 Å². The van der Waals surface area contributed by atoms with Crippen LogP contribution in [0, 0.1) is 0 Å². The van der Waals surface area contributed by atoms with Crippen molar-refractivity contribution in [2.24, 2.45) is 0 Å². The summed E-state index contributed by atoms with van der Waals surface area (Å²) in [6.07, 6.45) is 0. The van der Waals surface area contributed by atoms with Crippen molar-refractivity contribution in [2.45, 2.75) is 12.6 Å². The zero-order chi connectivity index (χ0) is 22.8. The van der Waals surface area contributed by atoms with Crippen molar-refractivity contribution < 1.29 is 4.79 Å². The molecular weight excluding hydrogens is 432 g/mol. The first-order valence-corrected chi connectivity index (χ1v) is 11.1. The summed E-state index contributed by atoms with van der Waals surface area (Å²) in [6, 6.07) is 31.8. The Morgan fingerprint density at radius 3 is 1.85 bits per heavy atom. The fourth-order valence-corrected chi connectivity index (χ4v) is 4.38. The van der Waals surface area contributed by atoms with E-state index < -0.39 is 0 Å². The van der Waals surface area contributed by atoms with E-state index in [0.29, 0.717) is 15.8 Å². The summed E-state index contributed by atoms with van der Waals surface area (Å²) in [6.45, 7) is 0.0816. The van der Waals surface area contributed by atoms with E-state index in [1.165, 1.54) is 0 Å². The van der Waals surface area contributed by atoms with Gasteiger partial charge in [0.15, 0.2) is 5.43 Å². The van der Waals surface area contributed by atoms with Gasteiger partial charge in [-0.2, -0.15) is 0 Å². The van der Waals surface area contributed by atoms with Crippen LogP contribution in [0.25, 0.3) is 21.8 Å². The molecule has 1 heterocycles. The molecule has 1 aromatic heterocycles. The lowest BCUT2D eigenvalue weighted by molar-refractivity contribution is -0.122. The molecule has 1 atom stereocenters. The Bertz CT molecular complexity index is 1450. The van der Waals surface area contributed by atoms with Crippen LogP contribution < -0.4 is 10.7 Å². The second-order valence-corrected chi connectivity index (χ2v) is 8.35. The Kier molecular flexibility index (Phi) is 5.68. The van der Waals surface area contributed by atoms with Gasteiger partial charge in [0.1, 0.15) is 6.54 Å². The summed E-state index contributed by atoms with van der Waals surface area (Å²) in [5.74, 6) is -0.155. The molecule has 5 rings (SSSR count). The van der Waals surface area contributed by atoms with Crippen LogP contribution in [0.4, 0.5) is 0 Å². The highest BCUT2D eigenvalue weighted by atomic mass is 35.5. The number of fused-ring (bicyclic) bond motifs is 2. The van der Waals surface area contributed by atoms with E-state index in [4.69, 9.17) is 11.6 Å². The number of para-hydroxylation sites is 2. The molecule has 1 amide bonds. The predicted octanol–water partition coefficient (Wildman–Crippen LogP) is 5.71. The van der Waals surface area contributed by atoms with Crippen molar-refractivity contribution in [3.8, 4) is 0 Å². The predicted molar refractivity (Wildman–Crippen MR) is 134 cm³/mol. The Balaban J connectivity index is 1.55. The Morgan fingerprint density at radius 1 is 0.727 bits per heavy atom. The lowest BCUT2D eigenvalue weighted by Crippen LogP contribution is -2.32. The number of pyridine rings is 1. The number of rotatable bonds is 5. The third-order valence-corrected chi connectivity index (χ3v) is 6.07. The zero-order valence-electron chi connectivity index (χ0n) is 17.7. The summed E-state index contributed by atoms with van der Waals surface area (Å²) in [5, 5.41) is 5.02. The highest BCUT2D eigenvalue weighted by Gasteiger charge is 2.19. The fourth-order valence-electron chi connectivity index (χ4n) is 4.26. The standard InChI is InChI=1S/C28H21ClN2O2/c29-21-16-14-20(15-17-21)27(19-8-2-1-3-9-19)30-26(32)18-31-24-12-6-4-10-22(24)28(33)23-11-5-7-13-25(23)31/h1-17,27H,18H2,(H,30,32). The smallest absolute Gasteiger partial charge is 0.240 e. The van der Waals surface area contributed by atoms with E-state index in [0.717, 1.165) is 22.2 Å². The Morgan fingerprint density at radius 2 is 1.24 bits per heavy atom. The lowest BCUT2D eigenvalue weighted by Gasteiger charge is -2.21. The monoisotopic (exact) mass is 452 g/mol. The molecule has 0 fully saturated rings. The number of carbonyl (C=O) groups excluding carboxylic acids is 1. The number of halogens is 1. The Hall–Kier alpha value is -3.89. The second kappa shape index (κ2) is 8.93. The van der Waals surface area contributed by atoms with Crippen molar-refractivity contribution in [3.05, 3.63) is 130 Å². The molecular formula is C28H21ClN2O2. The van der Waals surface area contributed by atoms with Gasteiger partial charge in [0.2, 0.25) is 5.91 Å². The maximum absolute atomic E-state index is 13.4. The third kappa shape index (κ3) is 4.13. The van der Waals surface area contributed by atoms with Gasteiger partial charge in [-0.1, -0.05) is 78.3 Å². The minimum absolute atomic E-state index is 0.0267. The van der Waals surface area contributed by atoms with Crippen LogP contribution in [-0.4, -0.2) is 10.5 Å². The molecule has 5 heteroatoms. The van der Waals surface area contributed by atoms with Crippen LogP contribution in [-0.2, 0) is 11.3 Å². The topological polar surface area (TPSA) is 51.1 Å². The molecule has 4 aromatic carbocycles. The summed E-state index contributed by atoms with van der Waals surface area (Å²) < 4.78 is 1.91. The molecule has 0 aliphatic carbocycles. The maximum atomic E-state index is 13.4. The molecule has 0 spiro atoms. The molecule has 0 aliphatic rings. The van der Waals surface area contributed by atoms with E-state index >= 15 is 0 Å². The van der Waals surface area contributed by atoms with Crippen molar-refractivity contribution in [2.75, 3.05) is 0 Å². The number of nitrogens with one attached hydrogen (secondary N) is 1. The lowest BCUT2D eigenvalue weighted by atomic mass is 9.98. The number of hydrogen-bond acceptors (Lipinski definition) is 2. The van der Waals surface area contributed by atoms with Crippen molar-refractivity contribution >= 4 is 39.3 Å². The third-order valence-electron chi connectivity index (χ3n) is 5.82. The average Bonchev–Trinajstić information content (AvgIpc) is 2.86. The molecule has 4 nitrogen and oxygen atoms in total. The van der Waals surface area contributed by atoms with Gasteiger partial charge in [-0.05, 0) is 47.5 Å². The van der Waals surface area contributed by atoms with E-state index in [1.807, 2.05) is 95.6 Å².